The minimum Gasteiger partial charge on any atom is -0.198 e. The molecule has 0 aliphatic heterocycles. The first-order valence-corrected chi connectivity index (χ1v) is 16.4. The number of nitriles is 5. The van der Waals surface area contributed by atoms with Gasteiger partial charge in [0.15, 0.2) is 0 Å². The molecule has 0 rings (SSSR count). The maximum absolute atomic E-state index is 9.03. The van der Waals surface area contributed by atoms with Crippen molar-refractivity contribution in [1.29, 1.82) is 26.3 Å². The van der Waals surface area contributed by atoms with Crippen molar-refractivity contribution < 1.29 is 0 Å². The van der Waals surface area contributed by atoms with Crippen LogP contribution in [0.25, 0.3) is 0 Å². The fourth-order valence-electron chi connectivity index (χ4n) is 3.19. The van der Waals surface area contributed by atoms with Crippen LogP contribution in [0.15, 0.2) is 0 Å². The van der Waals surface area contributed by atoms with Gasteiger partial charge in [0.25, 0.3) is 0 Å². The SMILES string of the molecule is N#CCCCP(CCC#N)CCCP(CCC#N)CCP(CCC#N)CCCC#N. The monoisotopic (exact) mass is 461 g/mol. The minimum absolute atomic E-state index is 0.152. The van der Waals surface area contributed by atoms with Crippen LogP contribution in [0.1, 0.15) is 51.4 Å². The molecule has 30 heavy (non-hydrogen) atoms. The molecular formula is C22H34N5P3. The smallest absolute Gasteiger partial charge is 0.0625 e. The molecule has 0 saturated carbocycles. The maximum Gasteiger partial charge on any atom is 0.0625 e. The Hall–Kier alpha value is -1.26. The van der Waals surface area contributed by atoms with Crippen LogP contribution < -0.4 is 0 Å². The van der Waals surface area contributed by atoms with Gasteiger partial charge in [0.05, 0.1) is 30.3 Å². The lowest BCUT2D eigenvalue weighted by molar-refractivity contribution is 0.960. The van der Waals surface area contributed by atoms with Gasteiger partial charge in [0.1, 0.15) is 0 Å². The summed E-state index contributed by atoms with van der Waals surface area (Å²) in [6.07, 6.45) is 16.0. The molecule has 0 aromatic carbocycles. The largest absolute Gasteiger partial charge is 0.198 e. The first kappa shape index (κ1) is 28.7. The van der Waals surface area contributed by atoms with Crippen molar-refractivity contribution >= 4 is 23.8 Å². The van der Waals surface area contributed by atoms with Crippen LogP contribution in [-0.4, -0.2) is 55.5 Å². The summed E-state index contributed by atoms with van der Waals surface area (Å²) in [5.41, 5.74) is 0. The molecule has 0 aliphatic rings. The molecular weight excluding hydrogens is 427 g/mol. The van der Waals surface area contributed by atoms with Gasteiger partial charge in [-0.05, 0) is 74.7 Å². The number of unbranched alkanes of at least 4 members (excludes halogenated alkanes) is 2. The summed E-state index contributed by atoms with van der Waals surface area (Å²) in [6, 6.07) is 11.3. The average Bonchev–Trinajstić information content (AvgIpc) is 2.76. The van der Waals surface area contributed by atoms with Crippen molar-refractivity contribution in [2.45, 2.75) is 51.4 Å². The maximum atomic E-state index is 9.03. The molecule has 0 bridgehead atoms. The summed E-state index contributed by atoms with van der Waals surface area (Å²) in [5, 5.41) is 44.4. The van der Waals surface area contributed by atoms with Crippen molar-refractivity contribution in [3.05, 3.63) is 0 Å². The lowest BCUT2D eigenvalue weighted by Crippen LogP contribution is -2.04. The highest BCUT2D eigenvalue weighted by Gasteiger charge is 2.14. The normalized spacial score (nSPS) is 13.0. The van der Waals surface area contributed by atoms with Crippen LogP contribution in [-0.2, 0) is 0 Å². The predicted octanol–water partition coefficient (Wildman–Crippen LogP) is 6.17. The van der Waals surface area contributed by atoms with E-state index in [1.165, 1.54) is 31.1 Å². The van der Waals surface area contributed by atoms with Gasteiger partial charge in [-0.1, -0.05) is 0 Å². The molecule has 0 aromatic heterocycles. The molecule has 0 heterocycles. The third-order valence-electron chi connectivity index (χ3n) is 4.83. The molecule has 8 heteroatoms. The van der Waals surface area contributed by atoms with E-state index in [0.717, 1.165) is 43.7 Å². The van der Waals surface area contributed by atoms with Gasteiger partial charge >= 0.3 is 0 Å². The Morgan fingerprint density at radius 3 is 0.967 bits per heavy atom. The molecule has 0 aliphatic carbocycles. The summed E-state index contributed by atoms with van der Waals surface area (Å²) in [7, 11) is -0.480. The van der Waals surface area contributed by atoms with Gasteiger partial charge in [0, 0.05) is 32.1 Å². The lowest BCUT2D eigenvalue weighted by Gasteiger charge is -2.23. The molecule has 3 unspecified atom stereocenters. The standard InChI is InChI=1S/C22H34N5P3/c23-9-1-3-14-28(16-5-11-25)19-8-20-30(18-7-13-27)22-21-29(17-6-12-26)15-4-2-10-24/h1-8,14-22H2. The van der Waals surface area contributed by atoms with Gasteiger partial charge in [-0.3, -0.25) is 0 Å². The molecule has 3 atom stereocenters. The number of rotatable bonds is 19. The van der Waals surface area contributed by atoms with Crippen molar-refractivity contribution in [2.24, 2.45) is 0 Å². The van der Waals surface area contributed by atoms with Gasteiger partial charge in [-0.2, -0.15) is 26.3 Å². The number of nitrogens with zero attached hydrogens (tertiary/aromatic N) is 5. The van der Waals surface area contributed by atoms with E-state index in [4.69, 9.17) is 26.3 Å². The highest BCUT2D eigenvalue weighted by atomic mass is 31.1. The third-order valence-corrected chi connectivity index (χ3v) is 13.3. The molecule has 0 fully saturated rings. The molecule has 0 radical (unpaired) electrons. The van der Waals surface area contributed by atoms with Gasteiger partial charge in [-0.25, -0.2) is 0 Å². The summed E-state index contributed by atoms with van der Waals surface area (Å²) in [5.74, 6) is 0. The Labute approximate surface area is 187 Å². The zero-order valence-electron chi connectivity index (χ0n) is 18.1. The fraction of sp³-hybridized carbons (Fsp3) is 0.773. The van der Waals surface area contributed by atoms with E-state index >= 15 is 0 Å². The van der Waals surface area contributed by atoms with Crippen molar-refractivity contribution in [3.63, 3.8) is 0 Å². The van der Waals surface area contributed by atoms with Crippen molar-refractivity contribution in [1.82, 2.24) is 0 Å². The summed E-state index contributed by atoms with van der Waals surface area (Å²) in [4.78, 5) is 0. The zero-order chi connectivity index (χ0) is 22.3. The molecule has 0 amide bonds. The molecule has 0 saturated heterocycles. The average molecular weight is 461 g/mol. The van der Waals surface area contributed by atoms with Crippen LogP contribution in [0.3, 0.4) is 0 Å². The van der Waals surface area contributed by atoms with Crippen LogP contribution >= 0.6 is 23.8 Å². The Kier molecular flexibility index (Phi) is 21.5. The van der Waals surface area contributed by atoms with Gasteiger partial charge in [0.2, 0.25) is 0 Å². The van der Waals surface area contributed by atoms with Crippen LogP contribution in [0.5, 0.6) is 0 Å². The molecule has 162 valence electrons. The second-order valence-electron chi connectivity index (χ2n) is 7.13. The molecule has 5 nitrogen and oxygen atoms in total. The van der Waals surface area contributed by atoms with E-state index in [9.17, 15) is 0 Å². The van der Waals surface area contributed by atoms with E-state index in [1.807, 2.05) is 0 Å². The second kappa shape index (κ2) is 22.4. The van der Waals surface area contributed by atoms with Crippen LogP contribution in [0.4, 0.5) is 0 Å². The highest BCUT2D eigenvalue weighted by Crippen LogP contribution is 2.46. The Bertz CT molecular complexity index is 636. The van der Waals surface area contributed by atoms with E-state index in [0.29, 0.717) is 32.1 Å². The Balaban J connectivity index is 4.56. The lowest BCUT2D eigenvalue weighted by atomic mass is 10.4. The Morgan fingerprint density at radius 2 is 0.633 bits per heavy atom. The molecule has 0 N–H and O–H groups in total. The van der Waals surface area contributed by atoms with Gasteiger partial charge in [-0.15, -0.1) is 23.8 Å². The van der Waals surface area contributed by atoms with E-state index in [1.54, 1.807) is 0 Å². The van der Waals surface area contributed by atoms with Crippen molar-refractivity contribution in [2.75, 3.05) is 55.5 Å². The van der Waals surface area contributed by atoms with E-state index in [-0.39, 0.29) is 23.8 Å². The first-order valence-electron chi connectivity index (χ1n) is 10.7. The summed E-state index contributed by atoms with van der Waals surface area (Å²) < 4.78 is 0. The predicted molar refractivity (Wildman–Crippen MR) is 130 cm³/mol. The third kappa shape index (κ3) is 17.6. The van der Waals surface area contributed by atoms with Gasteiger partial charge < -0.3 is 0 Å². The second-order valence-corrected chi connectivity index (χ2v) is 15.2. The Morgan fingerprint density at radius 1 is 0.333 bits per heavy atom. The van der Waals surface area contributed by atoms with E-state index < -0.39 is 0 Å². The van der Waals surface area contributed by atoms with E-state index in [2.05, 4.69) is 30.3 Å². The molecule has 0 aromatic rings. The highest BCUT2D eigenvalue weighted by molar-refractivity contribution is 7.61. The molecule has 0 spiro atoms. The zero-order valence-corrected chi connectivity index (χ0v) is 20.8. The summed E-state index contributed by atoms with van der Waals surface area (Å²) >= 11 is 0. The summed E-state index contributed by atoms with van der Waals surface area (Å²) in [6.45, 7) is 0. The fourth-order valence-corrected chi connectivity index (χ4v) is 11.4. The number of hydrogen-bond acceptors (Lipinski definition) is 5. The minimum atomic E-state index is -0.174. The van der Waals surface area contributed by atoms with Crippen LogP contribution in [0.2, 0.25) is 0 Å². The topological polar surface area (TPSA) is 119 Å². The number of hydrogen-bond donors (Lipinski definition) is 0. The van der Waals surface area contributed by atoms with Crippen LogP contribution in [0, 0.1) is 56.7 Å². The first-order chi connectivity index (χ1) is 14.7. The van der Waals surface area contributed by atoms with Crippen molar-refractivity contribution in [3.8, 4) is 30.3 Å². The quantitative estimate of drug-likeness (QED) is 0.168.